The van der Waals surface area contributed by atoms with Gasteiger partial charge in [0.1, 0.15) is 10.8 Å². The van der Waals surface area contributed by atoms with Gasteiger partial charge in [-0.25, -0.2) is 13.4 Å². The van der Waals surface area contributed by atoms with Crippen LogP contribution in [0.3, 0.4) is 0 Å². The molecule has 1 amide bonds. The first kappa shape index (κ1) is 19.7. The summed E-state index contributed by atoms with van der Waals surface area (Å²) in [6.45, 7) is 2.26. The number of aromatic nitrogens is 1. The van der Waals surface area contributed by atoms with E-state index in [2.05, 4.69) is 10.3 Å². The lowest BCUT2D eigenvalue weighted by atomic mass is 10.1. The Kier molecular flexibility index (Phi) is 5.18. The van der Waals surface area contributed by atoms with Crippen LogP contribution in [0.5, 0.6) is 0 Å². The van der Waals surface area contributed by atoms with Crippen molar-refractivity contribution >= 4 is 33.0 Å². The monoisotopic (exact) mass is 431 g/mol. The standard InChI is InChI=1S/C20H21N3O4S2/c1-13-8-15-9-14(5-6-18(15)23(13)29(2,25)26)17-12-28-20(22-17)10-19(24)21-11-16-4-3-7-27-16/h3-7,9,12-13H,8,10-11H2,1-2H3,(H,21,24)/t13-/m1/s1. The number of nitrogens with one attached hydrogen (secondary N) is 1. The summed E-state index contributed by atoms with van der Waals surface area (Å²) in [5, 5.41) is 5.46. The van der Waals surface area contributed by atoms with Gasteiger partial charge >= 0.3 is 0 Å². The molecular weight excluding hydrogens is 410 g/mol. The van der Waals surface area contributed by atoms with Crippen molar-refractivity contribution in [2.45, 2.75) is 32.4 Å². The fourth-order valence-corrected chi connectivity index (χ4v) is 5.66. The van der Waals surface area contributed by atoms with Crippen molar-refractivity contribution in [1.82, 2.24) is 10.3 Å². The summed E-state index contributed by atoms with van der Waals surface area (Å²) in [6, 6.07) is 9.20. The Morgan fingerprint density at radius 1 is 1.38 bits per heavy atom. The Morgan fingerprint density at radius 3 is 2.93 bits per heavy atom. The molecule has 7 nitrogen and oxygen atoms in total. The van der Waals surface area contributed by atoms with E-state index in [1.54, 1.807) is 18.4 Å². The normalized spacial score (nSPS) is 16.1. The SMILES string of the molecule is C[C@@H]1Cc2cc(-c3csc(CC(=O)NCc4ccco4)n3)ccc2N1S(C)(=O)=O. The lowest BCUT2D eigenvalue weighted by molar-refractivity contribution is -0.120. The Labute approximate surface area is 173 Å². The van der Waals surface area contributed by atoms with Gasteiger partial charge in [-0.2, -0.15) is 0 Å². The topological polar surface area (TPSA) is 92.5 Å². The predicted octanol–water partition coefficient (Wildman–Crippen LogP) is 2.97. The van der Waals surface area contributed by atoms with E-state index in [4.69, 9.17) is 4.42 Å². The molecule has 1 atom stereocenters. The van der Waals surface area contributed by atoms with Gasteiger partial charge in [0.15, 0.2) is 0 Å². The lowest BCUT2D eigenvalue weighted by Gasteiger charge is -2.21. The highest BCUT2D eigenvalue weighted by Gasteiger charge is 2.32. The molecule has 0 unspecified atom stereocenters. The first-order valence-corrected chi connectivity index (χ1v) is 11.9. The quantitative estimate of drug-likeness (QED) is 0.648. The Balaban J connectivity index is 1.46. The number of nitrogens with zero attached hydrogens (tertiary/aromatic N) is 2. The third kappa shape index (κ3) is 4.20. The number of fused-ring (bicyclic) bond motifs is 1. The van der Waals surface area contributed by atoms with Crippen LogP contribution in [0.25, 0.3) is 11.3 Å². The van der Waals surface area contributed by atoms with E-state index in [9.17, 15) is 13.2 Å². The van der Waals surface area contributed by atoms with Crippen LogP contribution >= 0.6 is 11.3 Å². The fraction of sp³-hybridized carbons (Fsp3) is 0.300. The number of carbonyl (C=O) groups is 1. The van der Waals surface area contributed by atoms with Crippen molar-refractivity contribution < 1.29 is 17.6 Å². The van der Waals surface area contributed by atoms with Gasteiger partial charge in [0, 0.05) is 17.0 Å². The third-order valence-electron chi connectivity index (χ3n) is 4.79. The molecule has 4 rings (SSSR count). The van der Waals surface area contributed by atoms with Crippen molar-refractivity contribution in [3.8, 4) is 11.3 Å². The van der Waals surface area contributed by atoms with Crippen molar-refractivity contribution in [3.63, 3.8) is 0 Å². The van der Waals surface area contributed by atoms with Crippen LogP contribution in [-0.4, -0.2) is 31.6 Å². The molecule has 1 aliphatic rings. The maximum atomic E-state index is 12.1. The predicted molar refractivity (Wildman–Crippen MR) is 112 cm³/mol. The summed E-state index contributed by atoms with van der Waals surface area (Å²) in [5.74, 6) is 0.586. The minimum absolute atomic E-state index is 0.0981. The van der Waals surface area contributed by atoms with Gasteiger partial charge in [-0.1, -0.05) is 6.07 Å². The molecule has 0 saturated carbocycles. The van der Waals surface area contributed by atoms with Gasteiger partial charge in [-0.15, -0.1) is 11.3 Å². The Hall–Kier alpha value is -2.65. The molecule has 0 radical (unpaired) electrons. The number of hydrogen-bond donors (Lipinski definition) is 1. The van der Waals surface area contributed by atoms with Crippen LogP contribution in [0.1, 0.15) is 23.3 Å². The minimum atomic E-state index is -3.31. The summed E-state index contributed by atoms with van der Waals surface area (Å²) in [5.41, 5.74) is 3.43. The van der Waals surface area contributed by atoms with Crippen molar-refractivity contribution in [2.75, 3.05) is 10.6 Å². The highest BCUT2D eigenvalue weighted by Crippen LogP contribution is 2.37. The molecule has 3 heterocycles. The van der Waals surface area contributed by atoms with E-state index >= 15 is 0 Å². The zero-order chi connectivity index (χ0) is 20.6. The van der Waals surface area contributed by atoms with E-state index in [-0.39, 0.29) is 18.4 Å². The second-order valence-electron chi connectivity index (χ2n) is 7.11. The summed E-state index contributed by atoms with van der Waals surface area (Å²) in [6.07, 6.45) is 3.68. The van der Waals surface area contributed by atoms with Crippen LogP contribution in [0.4, 0.5) is 5.69 Å². The molecule has 1 aliphatic heterocycles. The number of benzene rings is 1. The number of sulfonamides is 1. The molecule has 0 fully saturated rings. The largest absolute Gasteiger partial charge is 0.467 e. The van der Waals surface area contributed by atoms with E-state index in [0.717, 1.165) is 27.5 Å². The maximum absolute atomic E-state index is 12.1. The molecule has 2 aromatic heterocycles. The molecule has 0 spiro atoms. The van der Waals surface area contributed by atoms with E-state index in [0.29, 0.717) is 18.7 Å². The number of rotatable bonds is 6. The Morgan fingerprint density at radius 2 is 2.21 bits per heavy atom. The van der Waals surface area contributed by atoms with Gasteiger partial charge < -0.3 is 9.73 Å². The van der Waals surface area contributed by atoms with Gasteiger partial charge in [0.05, 0.1) is 36.9 Å². The number of furan rings is 1. The third-order valence-corrected chi connectivity index (χ3v) is 6.91. The molecule has 3 aromatic rings. The molecule has 0 saturated heterocycles. The highest BCUT2D eigenvalue weighted by atomic mass is 32.2. The van der Waals surface area contributed by atoms with E-state index < -0.39 is 10.0 Å². The van der Waals surface area contributed by atoms with Gasteiger partial charge in [-0.05, 0) is 43.2 Å². The molecule has 152 valence electrons. The zero-order valence-corrected chi connectivity index (χ0v) is 17.7. The maximum Gasteiger partial charge on any atom is 0.232 e. The second kappa shape index (κ2) is 7.64. The molecule has 0 aliphatic carbocycles. The molecule has 1 N–H and O–H groups in total. The van der Waals surface area contributed by atoms with Crippen LogP contribution in [0.2, 0.25) is 0 Å². The fourth-order valence-electron chi connectivity index (χ4n) is 3.59. The van der Waals surface area contributed by atoms with Crippen molar-refractivity contribution in [1.29, 1.82) is 0 Å². The zero-order valence-electron chi connectivity index (χ0n) is 16.1. The summed E-state index contributed by atoms with van der Waals surface area (Å²) < 4.78 is 30.8. The van der Waals surface area contributed by atoms with Crippen molar-refractivity contribution in [3.05, 3.63) is 58.3 Å². The van der Waals surface area contributed by atoms with Crippen LogP contribution in [-0.2, 0) is 34.2 Å². The highest BCUT2D eigenvalue weighted by molar-refractivity contribution is 7.92. The minimum Gasteiger partial charge on any atom is -0.467 e. The molecule has 29 heavy (non-hydrogen) atoms. The molecule has 0 bridgehead atoms. The Bertz CT molecular complexity index is 1140. The average molecular weight is 432 g/mol. The smallest absolute Gasteiger partial charge is 0.232 e. The van der Waals surface area contributed by atoms with E-state index in [1.165, 1.54) is 21.9 Å². The van der Waals surface area contributed by atoms with Gasteiger partial charge in [0.25, 0.3) is 0 Å². The van der Waals surface area contributed by atoms with E-state index in [1.807, 2.05) is 30.5 Å². The van der Waals surface area contributed by atoms with Crippen molar-refractivity contribution in [2.24, 2.45) is 0 Å². The molecule has 9 heteroatoms. The van der Waals surface area contributed by atoms with Crippen LogP contribution in [0, 0.1) is 0 Å². The lowest BCUT2D eigenvalue weighted by Crippen LogP contribution is -2.34. The van der Waals surface area contributed by atoms with Crippen LogP contribution in [0.15, 0.2) is 46.4 Å². The average Bonchev–Trinajstić information content (AvgIpc) is 3.37. The number of thiazole rings is 1. The van der Waals surface area contributed by atoms with Crippen LogP contribution < -0.4 is 9.62 Å². The first-order chi connectivity index (χ1) is 13.8. The number of amides is 1. The number of carbonyl (C=O) groups excluding carboxylic acids is 1. The summed E-state index contributed by atoms with van der Waals surface area (Å²) in [4.78, 5) is 16.7. The summed E-state index contributed by atoms with van der Waals surface area (Å²) >= 11 is 1.43. The second-order valence-corrected chi connectivity index (χ2v) is 9.92. The number of hydrogen-bond acceptors (Lipinski definition) is 6. The van der Waals surface area contributed by atoms with Gasteiger partial charge in [0.2, 0.25) is 15.9 Å². The molecule has 1 aromatic carbocycles. The van der Waals surface area contributed by atoms with Gasteiger partial charge in [-0.3, -0.25) is 9.10 Å². The molecular formula is C20H21N3O4S2. The summed E-state index contributed by atoms with van der Waals surface area (Å²) in [7, 11) is -3.31. The first-order valence-electron chi connectivity index (χ1n) is 9.17. The number of anilines is 1.